The van der Waals surface area contributed by atoms with Gasteiger partial charge < -0.3 is 15.0 Å². The van der Waals surface area contributed by atoms with Crippen LogP contribution in [0.15, 0.2) is 12.1 Å². The average Bonchev–Trinajstić information content (AvgIpc) is 2.90. The molecule has 1 amide bonds. The van der Waals surface area contributed by atoms with E-state index in [1.54, 1.807) is 0 Å². The van der Waals surface area contributed by atoms with Crippen LogP contribution in [0.2, 0.25) is 15.1 Å². The number of likely N-dealkylation sites (tertiary alicyclic amines) is 1. The molecule has 0 aromatic heterocycles. The number of carbonyl (C=O) groups excluding carboxylic acids is 1. The molecule has 1 aliphatic rings. The Hall–Kier alpha value is -0.680. The summed E-state index contributed by atoms with van der Waals surface area (Å²) >= 11 is 17.8. The zero-order valence-corrected chi connectivity index (χ0v) is 13.9. The van der Waals surface area contributed by atoms with Crippen molar-refractivity contribution >= 4 is 40.7 Å². The molecule has 1 fully saturated rings. The minimum Gasteiger partial charge on any atom is -0.482 e. The summed E-state index contributed by atoms with van der Waals surface area (Å²) in [5, 5.41) is 4.17. The second-order valence-corrected chi connectivity index (χ2v) is 6.26. The number of halogens is 3. The molecule has 1 atom stereocenters. The largest absolute Gasteiger partial charge is 0.482 e. The van der Waals surface area contributed by atoms with E-state index >= 15 is 0 Å². The number of benzene rings is 1. The Bertz CT molecular complexity index is 525. The molecule has 116 valence electrons. The van der Waals surface area contributed by atoms with Gasteiger partial charge in [-0.3, -0.25) is 4.79 Å². The Labute approximate surface area is 139 Å². The molecule has 1 aromatic rings. The third kappa shape index (κ3) is 4.39. The third-order valence-electron chi connectivity index (χ3n) is 3.46. The van der Waals surface area contributed by atoms with Crippen LogP contribution in [0.25, 0.3) is 0 Å². The van der Waals surface area contributed by atoms with E-state index in [1.807, 2.05) is 11.9 Å². The molecule has 7 heteroatoms. The fourth-order valence-corrected chi connectivity index (χ4v) is 2.95. The van der Waals surface area contributed by atoms with Gasteiger partial charge in [-0.1, -0.05) is 34.8 Å². The van der Waals surface area contributed by atoms with E-state index in [4.69, 9.17) is 39.5 Å². The number of ether oxygens (including phenoxy) is 1. The molecule has 1 saturated heterocycles. The summed E-state index contributed by atoms with van der Waals surface area (Å²) in [6.07, 6.45) is 1.01. The second-order valence-electron chi connectivity index (χ2n) is 5.04. The zero-order valence-electron chi connectivity index (χ0n) is 11.7. The summed E-state index contributed by atoms with van der Waals surface area (Å²) in [7, 11) is 1.92. The predicted molar refractivity (Wildman–Crippen MR) is 85.6 cm³/mol. The van der Waals surface area contributed by atoms with Gasteiger partial charge in [0, 0.05) is 19.2 Å². The fraction of sp³-hybridized carbons (Fsp3) is 0.500. The molecule has 1 aromatic carbocycles. The first-order chi connectivity index (χ1) is 10.0. The van der Waals surface area contributed by atoms with Gasteiger partial charge in [0.2, 0.25) is 0 Å². The van der Waals surface area contributed by atoms with E-state index in [2.05, 4.69) is 5.32 Å². The number of hydrogen-bond donors (Lipinski definition) is 1. The van der Waals surface area contributed by atoms with Gasteiger partial charge in [0.1, 0.15) is 5.75 Å². The number of rotatable bonds is 5. The van der Waals surface area contributed by atoms with Gasteiger partial charge in [0.05, 0.1) is 15.1 Å². The smallest absolute Gasteiger partial charge is 0.260 e. The van der Waals surface area contributed by atoms with Crippen LogP contribution >= 0.6 is 34.8 Å². The summed E-state index contributed by atoms with van der Waals surface area (Å²) in [5.74, 6) is 0.827. The molecular weight excluding hydrogens is 335 g/mol. The molecule has 0 aliphatic carbocycles. The number of nitrogens with zero attached hydrogens (tertiary/aromatic N) is 1. The van der Waals surface area contributed by atoms with Crippen molar-refractivity contribution in [2.45, 2.75) is 6.42 Å². The van der Waals surface area contributed by atoms with Gasteiger partial charge in [-0.2, -0.15) is 0 Å². The van der Waals surface area contributed by atoms with Gasteiger partial charge in [-0.05, 0) is 32.0 Å². The second kappa shape index (κ2) is 7.54. The Kier molecular flexibility index (Phi) is 5.99. The highest BCUT2D eigenvalue weighted by Crippen LogP contribution is 2.33. The van der Waals surface area contributed by atoms with Crippen molar-refractivity contribution < 1.29 is 9.53 Å². The van der Waals surface area contributed by atoms with E-state index in [9.17, 15) is 4.79 Å². The van der Waals surface area contributed by atoms with Gasteiger partial charge in [-0.15, -0.1) is 0 Å². The molecule has 1 heterocycles. The van der Waals surface area contributed by atoms with Crippen molar-refractivity contribution in [3.8, 4) is 5.75 Å². The van der Waals surface area contributed by atoms with Crippen LogP contribution in [0.5, 0.6) is 5.75 Å². The zero-order chi connectivity index (χ0) is 15.4. The van der Waals surface area contributed by atoms with Crippen LogP contribution in [0.1, 0.15) is 6.42 Å². The van der Waals surface area contributed by atoms with Crippen LogP contribution < -0.4 is 10.1 Å². The van der Waals surface area contributed by atoms with Crippen LogP contribution in [0, 0.1) is 5.92 Å². The van der Waals surface area contributed by atoms with Crippen LogP contribution in [0.3, 0.4) is 0 Å². The maximum absolute atomic E-state index is 12.1. The summed E-state index contributed by atoms with van der Waals surface area (Å²) in [6.45, 7) is 2.40. The molecule has 1 N–H and O–H groups in total. The Morgan fingerprint density at radius 3 is 2.76 bits per heavy atom. The van der Waals surface area contributed by atoms with E-state index in [-0.39, 0.29) is 12.5 Å². The highest BCUT2D eigenvalue weighted by atomic mass is 35.5. The molecule has 0 radical (unpaired) electrons. The van der Waals surface area contributed by atoms with E-state index in [0.717, 1.165) is 26.1 Å². The molecule has 2 rings (SSSR count). The summed E-state index contributed by atoms with van der Waals surface area (Å²) in [4.78, 5) is 13.9. The molecule has 1 aliphatic heterocycles. The predicted octanol–water partition coefficient (Wildman–Crippen LogP) is 3.09. The van der Waals surface area contributed by atoms with Crippen molar-refractivity contribution in [2.24, 2.45) is 5.92 Å². The first kappa shape index (κ1) is 16.7. The minimum atomic E-state index is -0.0516. The maximum Gasteiger partial charge on any atom is 0.260 e. The lowest BCUT2D eigenvalue weighted by Gasteiger charge is -2.17. The average molecular weight is 352 g/mol. The quantitative estimate of drug-likeness (QED) is 0.829. The Morgan fingerprint density at radius 2 is 2.05 bits per heavy atom. The van der Waals surface area contributed by atoms with Gasteiger partial charge >= 0.3 is 0 Å². The third-order valence-corrected chi connectivity index (χ3v) is 4.47. The van der Waals surface area contributed by atoms with Gasteiger partial charge in [-0.25, -0.2) is 0 Å². The number of nitrogens with one attached hydrogen (secondary N) is 1. The molecule has 4 nitrogen and oxygen atoms in total. The first-order valence-electron chi connectivity index (χ1n) is 6.71. The van der Waals surface area contributed by atoms with E-state index in [0.29, 0.717) is 26.7 Å². The SMILES string of the molecule is CNCC1CCN(C(=O)COc2cc(Cl)c(Cl)cc2Cl)C1. The normalized spacial score (nSPS) is 18.1. The molecule has 0 spiro atoms. The van der Waals surface area contributed by atoms with E-state index < -0.39 is 0 Å². The molecule has 0 bridgehead atoms. The van der Waals surface area contributed by atoms with Crippen LogP contribution in [-0.4, -0.2) is 44.1 Å². The Morgan fingerprint density at radius 1 is 1.33 bits per heavy atom. The first-order valence-corrected chi connectivity index (χ1v) is 7.84. The van der Waals surface area contributed by atoms with Gasteiger partial charge in [0.15, 0.2) is 6.61 Å². The molecular formula is C14H17Cl3N2O2. The van der Waals surface area contributed by atoms with Crippen molar-refractivity contribution in [1.82, 2.24) is 10.2 Å². The molecule has 0 saturated carbocycles. The lowest BCUT2D eigenvalue weighted by molar-refractivity contribution is -0.132. The van der Waals surface area contributed by atoms with Gasteiger partial charge in [0.25, 0.3) is 5.91 Å². The number of carbonyl (C=O) groups is 1. The molecule has 21 heavy (non-hydrogen) atoms. The lowest BCUT2D eigenvalue weighted by atomic mass is 10.1. The van der Waals surface area contributed by atoms with Crippen molar-refractivity contribution in [3.63, 3.8) is 0 Å². The van der Waals surface area contributed by atoms with Crippen molar-refractivity contribution in [2.75, 3.05) is 33.3 Å². The van der Waals surface area contributed by atoms with Crippen molar-refractivity contribution in [1.29, 1.82) is 0 Å². The number of hydrogen-bond acceptors (Lipinski definition) is 3. The number of amides is 1. The van der Waals surface area contributed by atoms with Crippen LogP contribution in [-0.2, 0) is 4.79 Å². The fourth-order valence-electron chi connectivity index (χ4n) is 2.36. The Balaban J connectivity index is 1.89. The topological polar surface area (TPSA) is 41.6 Å². The highest BCUT2D eigenvalue weighted by molar-refractivity contribution is 6.43. The standard InChI is InChI=1S/C14H17Cl3N2O2/c1-18-6-9-2-3-19(7-9)14(20)8-21-13-5-11(16)10(15)4-12(13)17/h4-5,9,18H,2-3,6-8H2,1H3. The maximum atomic E-state index is 12.1. The highest BCUT2D eigenvalue weighted by Gasteiger charge is 2.26. The molecule has 1 unspecified atom stereocenters. The minimum absolute atomic E-state index is 0.0456. The van der Waals surface area contributed by atoms with Crippen LogP contribution in [0.4, 0.5) is 0 Å². The van der Waals surface area contributed by atoms with E-state index in [1.165, 1.54) is 12.1 Å². The summed E-state index contributed by atoms with van der Waals surface area (Å²) in [6, 6.07) is 3.03. The monoisotopic (exact) mass is 350 g/mol. The summed E-state index contributed by atoms with van der Waals surface area (Å²) in [5.41, 5.74) is 0. The van der Waals surface area contributed by atoms with Crippen molar-refractivity contribution in [3.05, 3.63) is 27.2 Å². The lowest BCUT2D eigenvalue weighted by Crippen LogP contribution is -2.34. The summed E-state index contributed by atoms with van der Waals surface area (Å²) < 4.78 is 5.46.